The molecular formula is C26H26ClN3O5S. The average molecular weight is 528 g/mol. The molecule has 5 rings (SSSR count). The molecule has 2 aliphatic rings. The number of rotatable bonds is 5. The first kappa shape index (κ1) is 24.5. The third-order valence-corrected chi connectivity index (χ3v) is 8.61. The first-order valence-electron chi connectivity index (χ1n) is 11.7. The molecule has 2 N–H and O–H groups in total. The molecule has 0 radical (unpaired) electrons. The second-order valence-electron chi connectivity index (χ2n) is 9.32. The van der Waals surface area contributed by atoms with Crippen LogP contribution in [0.25, 0.3) is 11.0 Å². The van der Waals surface area contributed by atoms with E-state index in [1.807, 2.05) is 31.2 Å². The van der Waals surface area contributed by atoms with E-state index in [2.05, 4.69) is 9.71 Å². The van der Waals surface area contributed by atoms with Gasteiger partial charge in [0, 0.05) is 34.9 Å². The third kappa shape index (κ3) is 4.66. The van der Waals surface area contributed by atoms with Crippen LogP contribution >= 0.6 is 11.6 Å². The lowest BCUT2D eigenvalue weighted by molar-refractivity contribution is -0.0210. The first-order valence-corrected chi connectivity index (χ1v) is 13.6. The van der Waals surface area contributed by atoms with Crippen LogP contribution in [0.1, 0.15) is 42.1 Å². The lowest BCUT2D eigenvalue weighted by Crippen LogP contribution is -2.45. The number of piperidine rings is 1. The summed E-state index contributed by atoms with van der Waals surface area (Å²) >= 11 is 6.28. The number of nitrogens with zero attached hydrogens (tertiary/aromatic N) is 2. The second kappa shape index (κ2) is 9.38. The van der Waals surface area contributed by atoms with Crippen molar-refractivity contribution in [3.05, 3.63) is 81.8 Å². The fourth-order valence-corrected chi connectivity index (χ4v) is 6.57. The molecular weight excluding hydrogens is 502 g/mol. The van der Waals surface area contributed by atoms with Crippen molar-refractivity contribution in [3.8, 4) is 0 Å². The van der Waals surface area contributed by atoms with Crippen LogP contribution in [-0.4, -0.2) is 42.4 Å². The van der Waals surface area contributed by atoms with Gasteiger partial charge < -0.3 is 14.4 Å². The maximum atomic E-state index is 13.1. The van der Waals surface area contributed by atoms with Crippen molar-refractivity contribution in [3.63, 3.8) is 0 Å². The highest BCUT2D eigenvalue weighted by Crippen LogP contribution is 2.37. The third-order valence-electron chi connectivity index (χ3n) is 6.76. The van der Waals surface area contributed by atoms with Gasteiger partial charge >= 0.3 is 0 Å². The molecule has 8 nitrogen and oxygen atoms in total. The topological polar surface area (TPSA) is 113 Å². The summed E-state index contributed by atoms with van der Waals surface area (Å²) in [5.74, 6) is -0.180. The molecule has 1 aliphatic heterocycles. The minimum Gasteiger partial charge on any atom is -0.444 e. The Morgan fingerprint density at radius 3 is 2.56 bits per heavy atom. The molecule has 2 heterocycles. The Labute approximate surface area is 214 Å². The molecule has 1 fully saturated rings. The molecule has 0 bridgehead atoms. The molecule has 10 heteroatoms. The zero-order chi connectivity index (χ0) is 25.5. The lowest BCUT2D eigenvalue weighted by Gasteiger charge is -2.39. The number of carbonyl (C=O) groups is 1. The summed E-state index contributed by atoms with van der Waals surface area (Å²) in [4.78, 5) is 19.0. The van der Waals surface area contributed by atoms with Gasteiger partial charge in [-0.25, -0.2) is 13.4 Å². The van der Waals surface area contributed by atoms with Crippen LogP contribution in [-0.2, 0) is 15.6 Å². The van der Waals surface area contributed by atoms with Crippen molar-refractivity contribution in [1.29, 1.82) is 0 Å². The normalized spacial score (nSPS) is 19.4. The van der Waals surface area contributed by atoms with E-state index in [0.717, 1.165) is 0 Å². The number of sulfonamides is 1. The number of aromatic nitrogens is 1. The van der Waals surface area contributed by atoms with Crippen molar-refractivity contribution in [2.45, 2.75) is 31.8 Å². The fraction of sp³-hybridized carbons (Fsp3) is 0.308. The highest BCUT2D eigenvalue weighted by Gasteiger charge is 2.37. The van der Waals surface area contributed by atoms with Crippen LogP contribution in [0.15, 0.2) is 59.3 Å². The van der Waals surface area contributed by atoms with Crippen LogP contribution in [0.2, 0.25) is 5.02 Å². The molecule has 1 atom stereocenters. The Hall–Kier alpha value is -3.14. The number of anilines is 1. The van der Waals surface area contributed by atoms with Gasteiger partial charge in [-0.15, -0.1) is 0 Å². The SMILES string of the molecule is CC1C=c2ocnc2=C(S(=O)(=O)Nc2ccc(C(=O)N3CCC(O)(c4ccccc4Cl)CC3)cc2)C1. The average Bonchev–Trinajstić information content (AvgIpc) is 3.32. The molecule has 1 aliphatic carbocycles. The molecule has 0 saturated carbocycles. The van der Waals surface area contributed by atoms with Crippen LogP contribution in [0.4, 0.5) is 5.69 Å². The molecule has 1 amide bonds. The van der Waals surface area contributed by atoms with Gasteiger partial charge in [-0.1, -0.05) is 36.7 Å². The van der Waals surface area contributed by atoms with E-state index >= 15 is 0 Å². The zero-order valence-corrected chi connectivity index (χ0v) is 21.2. The van der Waals surface area contributed by atoms with E-state index in [4.69, 9.17) is 16.0 Å². The smallest absolute Gasteiger partial charge is 0.260 e. The molecule has 36 heavy (non-hydrogen) atoms. The van der Waals surface area contributed by atoms with E-state index in [9.17, 15) is 18.3 Å². The summed E-state index contributed by atoms with van der Waals surface area (Å²) < 4.78 is 34.0. The zero-order valence-electron chi connectivity index (χ0n) is 19.6. The van der Waals surface area contributed by atoms with Crippen LogP contribution < -0.4 is 15.5 Å². The lowest BCUT2D eigenvalue weighted by atomic mass is 9.84. The minimum atomic E-state index is -3.86. The van der Waals surface area contributed by atoms with Gasteiger partial charge in [0.2, 0.25) is 0 Å². The van der Waals surface area contributed by atoms with Crippen LogP contribution in [0.5, 0.6) is 0 Å². The van der Waals surface area contributed by atoms with Gasteiger partial charge in [0.1, 0.15) is 5.35 Å². The number of benzene rings is 2. The number of oxazole rings is 1. The summed E-state index contributed by atoms with van der Waals surface area (Å²) in [6.07, 6.45) is 4.17. The van der Waals surface area contributed by atoms with Gasteiger partial charge in [-0.3, -0.25) is 9.52 Å². The Morgan fingerprint density at radius 1 is 1.17 bits per heavy atom. The van der Waals surface area contributed by atoms with E-state index in [-0.39, 0.29) is 16.7 Å². The number of fused-ring (bicyclic) bond motifs is 1. The predicted molar refractivity (Wildman–Crippen MR) is 137 cm³/mol. The number of likely N-dealkylation sites (tertiary alicyclic amines) is 1. The van der Waals surface area contributed by atoms with E-state index < -0.39 is 15.6 Å². The number of carbonyl (C=O) groups excluding carboxylic acids is 1. The Bertz CT molecular complexity index is 1520. The summed E-state index contributed by atoms with van der Waals surface area (Å²) in [7, 11) is -3.86. The molecule has 188 valence electrons. The monoisotopic (exact) mass is 527 g/mol. The largest absolute Gasteiger partial charge is 0.444 e. The molecule has 1 saturated heterocycles. The molecule has 1 aromatic heterocycles. The van der Waals surface area contributed by atoms with Gasteiger partial charge in [0.05, 0.1) is 10.5 Å². The number of aliphatic hydroxyl groups is 1. The van der Waals surface area contributed by atoms with E-state index in [1.54, 1.807) is 35.2 Å². The quantitative estimate of drug-likeness (QED) is 0.527. The second-order valence-corrected chi connectivity index (χ2v) is 11.4. The van der Waals surface area contributed by atoms with Crippen molar-refractivity contribution < 1.29 is 22.7 Å². The molecule has 1 unspecified atom stereocenters. The van der Waals surface area contributed by atoms with Crippen molar-refractivity contribution >= 4 is 44.2 Å². The highest BCUT2D eigenvalue weighted by molar-refractivity contribution is 8.01. The number of hydrogen-bond donors (Lipinski definition) is 2. The summed E-state index contributed by atoms with van der Waals surface area (Å²) in [5.41, 5.74) is 0.841. The minimum absolute atomic E-state index is 0.00265. The number of halogens is 1. The first-order chi connectivity index (χ1) is 17.2. The number of amides is 1. The maximum Gasteiger partial charge on any atom is 0.260 e. The Kier molecular flexibility index (Phi) is 6.40. The van der Waals surface area contributed by atoms with Gasteiger partial charge in [0.15, 0.2) is 11.8 Å². The van der Waals surface area contributed by atoms with Crippen LogP contribution in [0, 0.1) is 5.92 Å². The van der Waals surface area contributed by atoms with Gasteiger partial charge in [-0.2, -0.15) is 0 Å². The van der Waals surface area contributed by atoms with Crippen molar-refractivity contribution in [2.24, 2.45) is 5.92 Å². The predicted octanol–water partition coefficient (Wildman–Crippen LogP) is 2.82. The van der Waals surface area contributed by atoms with Gasteiger partial charge in [0.25, 0.3) is 15.9 Å². The summed E-state index contributed by atoms with van der Waals surface area (Å²) in [6, 6.07) is 13.5. The summed E-state index contributed by atoms with van der Waals surface area (Å²) in [5, 5.41) is 11.9. The highest BCUT2D eigenvalue weighted by atomic mass is 35.5. The standard InChI is InChI=1S/C26H26ClN3O5S/c1-17-14-22-24(28-16-35-22)23(15-17)36(33,34)29-19-8-6-18(7-9-19)25(31)30-12-10-26(32,11-13-30)20-4-2-3-5-21(20)27/h2-9,14,16-17,29,32H,10-13,15H2,1H3. The number of nitrogens with one attached hydrogen (secondary N) is 1. The Morgan fingerprint density at radius 2 is 1.86 bits per heavy atom. The van der Waals surface area contributed by atoms with E-state index in [0.29, 0.717) is 65.0 Å². The molecule has 3 aromatic rings. The van der Waals surface area contributed by atoms with E-state index in [1.165, 1.54) is 6.39 Å². The maximum absolute atomic E-state index is 13.1. The Balaban J connectivity index is 1.27. The summed E-state index contributed by atoms with van der Waals surface area (Å²) in [6.45, 7) is 2.67. The molecule has 0 spiro atoms. The number of hydrogen-bond acceptors (Lipinski definition) is 6. The fourth-order valence-electron chi connectivity index (χ4n) is 4.79. The van der Waals surface area contributed by atoms with Gasteiger partial charge in [-0.05, 0) is 61.6 Å². The van der Waals surface area contributed by atoms with Crippen LogP contribution in [0.3, 0.4) is 0 Å². The van der Waals surface area contributed by atoms with Crippen molar-refractivity contribution in [2.75, 3.05) is 17.8 Å². The molecule has 2 aromatic carbocycles. The van der Waals surface area contributed by atoms with Crippen molar-refractivity contribution in [1.82, 2.24) is 9.88 Å².